The van der Waals surface area contributed by atoms with Gasteiger partial charge < -0.3 is 5.11 Å². The Morgan fingerprint density at radius 1 is 1.26 bits per heavy atom. The number of nitrogens with one attached hydrogen (secondary N) is 1. The minimum atomic E-state index is -0.793. The van der Waals surface area contributed by atoms with Crippen molar-refractivity contribution in [3.63, 3.8) is 0 Å². The van der Waals surface area contributed by atoms with Crippen LogP contribution in [0.3, 0.4) is 0 Å². The van der Waals surface area contributed by atoms with E-state index in [1.807, 2.05) is 13.8 Å². The number of benzene rings is 1. The Hall–Kier alpha value is -1.35. The Labute approximate surface area is 115 Å². The van der Waals surface area contributed by atoms with Gasteiger partial charge in [0, 0.05) is 6.54 Å². The molecule has 0 radical (unpaired) electrons. The molecule has 0 heterocycles. The number of carboxylic acids is 1. The van der Waals surface area contributed by atoms with Crippen molar-refractivity contribution in [2.24, 2.45) is 0 Å². The number of rotatable bonds is 6. The van der Waals surface area contributed by atoms with Crippen molar-refractivity contribution >= 4 is 5.97 Å². The van der Waals surface area contributed by atoms with E-state index in [-0.39, 0.29) is 0 Å². The molecule has 104 valence electrons. The third-order valence-electron chi connectivity index (χ3n) is 4.41. The fourth-order valence-corrected chi connectivity index (χ4v) is 2.88. The fourth-order valence-electron chi connectivity index (χ4n) is 2.88. The van der Waals surface area contributed by atoms with E-state index in [9.17, 15) is 9.90 Å². The zero-order valence-corrected chi connectivity index (χ0v) is 11.8. The molecule has 19 heavy (non-hydrogen) atoms. The normalized spacial score (nSPS) is 14.4. The van der Waals surface area contributed by atoms with E-state index in [1.165, 1.54) is 29.5 Å². The lowest BCUT2D eigenvalue weighted by atomic mass is 9.92. The summed E-state index contributed by atoms with van der Waals surface area (Å²) < 4.78 is 0. The zero-order valence-electron chi connectivity index (χ0n) is 11.8. The molecule has 1 aromatic carbocycles. The van der Waals surface area contributed by atoms with E-state index in [1.54, 1.807) is 0 Å². The maximum Gasteiger partial charge on any atom is 0.323 e. The predicted molar refractivity (Wildman–Crippen MR) is 76.3 cm³/mol. The Balaban J connectivity index is 2.07. The smallest absolute Gasteiger partial charge is 0.323 e. The summed E-state index contributed by atoms with van der Waals surface area (Å²) in [5, 5.41) is 12.6. The molecule has 2 N–H and O–H groups in total. The average Bonchev–Trinajstić information content (AvgIpc) is 2.87. The van der Waals surface area contributed by atoms with Gasteiger partial charge in [-0.15, -0.1) is 0 Å². The van der Waals surface area contributed by atoms with Crippen LogP contribution in [0.1, 0.15) is 49.8 Å². The standard InChI is InChI=1S/C16H23NO2/c1-3-16(4-2,15(18)19)17-11-12-8-9-13-6-5-7-14(13)10-12/h8-10,17H,3-7,11H2,1-2H3,(H,18,19). The number of hydrogen-bond donors (Lipinski definition) is 2. The molecule has 0 saturated heterocycles. The van der Waals surface area contributed by atoms with Gasteiger partial charge in [0.15, 0.2) is 0 Å². The van der Waals surface area contributed by atoms with Gasteiger partial charge in [-0.1, -0.05) is 32.0 Å². The highest BCUT2D eigenvalue weighted by molar-refractivity contribution is 5.78. The molecule has 1 aliphatic rings. The van der Waals surface area contributed by atoms with E-state index in [4.69, 9.17) is 0 Å². The van der Waals surface area contributed by atoms with Crippen molar-refractivity contribution < 1.29 is 9.90 Å². The van der Waals surface area contributed by atoms with Gasteiger partial charge in [-0.3, -0.25) is 10.1 Å². The highest BCUT2D eigenvalue weighted by Crippen LogP contribution is 2.23. The summed E-state index contributed by atoms with van der Waals surface area (Å²) in [6, 6.07) is 6.54. The van der Waals surface area contributed by atoms with Crippen LogP contribution in [-0.4, -0.2) is 16.6 Å². The second-order valence-electron chi connectivity index (χ2n) is 5.40. The Bertz CT molecular complexity index is 464. The van der Waals surface area contributed by atoms with Crippen LogP contribution in [0.4, 0.5) is 0 Å². The van der Waals surface area contributed by atoms with Gasteiger partial charge in [-0.25, -0.2) is 0 Å². The second kappa shape index (κ2) is 5.74. The van der Waals surface area contributed by atoms with Gasteiger partial charge in [0.05, 0.1) is 0 Å². The van der Waals surface area contributed by atoms with Crippen molar-refractivity contribution in [2.45, 2.75) is 58.0 Å². The predicted octanol–water partition coefficient (Wildman–Crippen LogP) is 2.91. The molecule has 3 nitrogen and oxygen atoms in total. The monoisotopic (exact) mass is 261 g/mol. The molecule has 1 aromatic rings. The maximum absolute atomic E-state index is 11.4. The lowest BCUT2D eigenvalue weighted by Gasteiger charge is -2.28. The van der Waals surface area contributed by atoms with Crippen molar-refractivity contribution in [2.75, 3.05) is 0 Å². The lowest BCUT2D eigenvalue weighted by molar-refractivity contribution is -0.145. The quantitative estimate of drug-likeness (QED) is 0.828. The molecule has 1 aliphatic carbocycles. The van der Waals surface area contributed by atoms with Gasteiger partial charge in [-0.05, 0) is 48.8 Å². The summed E-state index contributed by atoms with van der Waals surface area (Å²) in [6.45, 7) is 4.47. The summed E-state index contributed by atoms with van der Waals surface area (Å²) in [5.74, 6) is -0.751. The highest BCUT2D eigenvalue weighted by Gasteiger charge is 2.33. The van der Waals surface area contributed by atoms with E-state index < -0.39 is 11.5 Å². The van der Waals surface area contributed by atoms with Gasteiger partial charge in [0.25, 0.3) is 0 Å². The third-order valence-corrected chi connectivity index (χ3v) is 4.41. The van der Waals surface area contributed by atoms with E-state index >= 15 is 0 Å². The molecule has 0 aliphatic heterocycles. The first kappa shape index (κ1) is 14.1. The SMILES string of the molecule is CCC(CC)(NCc1ccc2c(c1)CCC2)C(=O)O. The fraction of sp³-hybridized carbons (Fsp3) is 0.562. The van der Waals surface area contributed by atoms with Crippen molar-refractivity contribution in [1.82, 2.24) is 5.32 Å². The van der Waals surface area contributed by atoms with E-state index in [0.29, 0.717) is 19.4 Å². The largest absolute Gasteiger partial charge is 0.480 e. The molecule has 0 fully saturated rings. The van der Waals surface area contributed by atoms with Crippen LogP contribution in [0.2, 0.25) is 0 Å². The molecular weight excluding hydrogens is 238 g/mol. The summed E-state index contributed by atoms with van der Waals surface area (Å²) in [6.07, 6.45) is 4.80. The highest BCUT2D eigenvalue weighted by atomic mass is 16.4. The lowest BCUT2D eigenvalue weighted by Crippen LogP contribution is -2.50. The van der Waals surface area contributed by atoms with Crippen molar-refractivity contribution in [1.29, 1.82) is 0 Å². The van der Waals surface area contributed by atoms with Crippen LogP contribution in [0.25, 0.3) is 0 Å². The van der Waals surface area contributed by atoms with Gasteiger partial charge in [0.2, 0.25) is 0 Å². The molecule has 0 bridgehead atoms. The average molecular weight is 261 g/mol. The molecule has 0 aromatic heterocycles. The summed E-state index contributed by atoms with van der Waals surface area (Å²) >= 11 is 0. The summed E-state index contributed by atoms with van der Waals surface area (Å²) in [4.78, 5) is 11.4. The van der Waals surface area contributed by atoms with Crippen LogP contribution in [0, 0.1) is 0 Å². The molecule has 0 unspecified atom stereocenters. The molecule has 0 amide bonds. The van der Waals surface area contributed by atoms with Crippen LogP contribution in [0.15, 0.2) is 18.2 Å². The minimum Gasteiger partial charge on any atom is -0.480 e. The number of fused-ring (bicyclic) bond motifs is 1. The molecule has 0 spiro atoms. The molecule has 3 heteroatoms. The first-order chi connectivity index (χ1) is 9.11. The maximum atomic E-state index is 11.4. The van der Waals surface area contributed by atoms with E-state index in [2.05, 4.69) is 23.5 Å². The minimum absolute atomic E-state index is 0.601. The van der Waals surface area contributed by atoms with Crippen molar-refractivity contribution in [3.8, 4) is 0 Å². The van der Waals surface area contributed by atoms with E-state index in [0.717, 1.165) is 6.42 Å². The molecule has 0 saturated carbocycles. The number of aryl methyl sites for hydroxylation is 2. The number of carbonyl (C=O) groups is 1. The molecule has 0 atom stereocenters. The Kier molecular flexibility index (Phi) is 4.25. The number of aliphatic carboxylic acids is 1. The van der Waals surface area contributed by atoms with Crippen LogP contribution >= 0.6 is 0 Å². The summed E-state index contributed by atoms with van der Waals surface area (Å²) in [5.41, 5.74) is 3.29. The van der Waals surface area contributed by atoms with Gasteiger partial charge >= 0.3 is 5.97 Å². The summed E-state index contributed by atoms with van der Waals surface area (Å²) in [7, 11) is 0. The second-order valence-corrected chi connectivity index (χ2v) is 5.40. The number of hydrogen-bond acceptors (Lipinski definition) is 2. The van der Waals surface area contributed by atoms with Gasteiger partial charge in [-0.2, -0.15) is 0 Å². The van der Waals surface area contributed by atoms with Crippen LogP contribution in [0.5, 0.6) is 0 Å². The topological polar surface area (TPSA) is 49.3 Å². The first-order valence-electron chi connectivity index (χ1n) is 7.20. The molecule has 2 rings (SSSR count). The van der Waals surface area contributed by atoms with Crippen LogP contribution < -0.4 is 5.32 Å². The first-order valence-corrected chi connectivity index (χ1v) is 7.20. The Morgan fingerprint density at radius 3 is 2.58 bits per heavy atom. The van der Waals surface area contributed by atoms with Crippen LogP contribution in [-0.2, 0) is 24.2 Å². The molecular formula is C16H23NO2. The van der Waals surface area contributed by atoms with Crippen molar-refractivity contribution in [3.05, 3.63) is 34.9 Å². The number of carboxylic acid groups (broad SMARTS) is 1. The Morgan fingerprint density at radius 2 is 1.95 bits per heavy atom. The zero-order chi connectivity index (χ0) is 13.9. The third kappa shape index (κ3) is 2.81. The van der Waals surface area contributed by atoms with Gasteiger partial charge in [0.1, 0.15) is 5.54 Å².